The van der Waals surface area contributed by atoms with Crippen molar-refractivity contribution in [3.8, 4) is 0 Å². The van der Waals surface area contributed by atoms with Crippen LogP contribution < -0.4 is 10.6 Å². The number of amides is 1. The second-order valence-corrected chi connectivity index (χ2v) is 6.06. The first-order chi connectivity index (χ1) is 9.65. The number of hydrogen-bond acceptors (Lipinski definition) is 3. The fourth-order valence-electron chi connectivity index (χ4n) is 2.92. The summed E-state index contributed by atoms with van der Waals surface area (Å²) in [6.07, 6.45) is 6.88. The highest BCUT2D eigenvalue weighted by molar-refractivity contribution is 5.81. The summed E-state index contributed by atoms with van der Waals surface area (Å²) < 4.78 is 5.20. The van der Waals surface area contributed by atoms with Crippen LogP contribution in [0.25, 0.3) is 0 Å². The molecule has 1 amide bonds. The van der Waals surface area contributed by atoms with Crippen LogP contribution in [0.2, 0.25) is 0 Å². The summed E-state index contributed by atoms with van der Waals surface area (Å²) in [4.78, 5) is 12.0. The maximum Gasteiger partial charge on any atom is 0.237 e. The van der Waals surface area contributed by atoms with Crippen molar-refractivity contribution in [2.24, 2.45) is 11.8 Å². The predicted octanol–water partition coefficient (Wildman–Crippen LogP) is 2.70. The van der Waals surface area contributed by atoms with Crippen molar-refractivity contribution in [2.75, 3.05) is 6.54 Å². The minimum atomic E-state index is -0.151. The van der Waals surface area contributed by atoms with E-state index in [9.17, 15) is 4.79 Å². The summed E-state index contributed by atoms with van der Waals surface area (Å²) in [6.45, 7) is 5.65. The summed E-state index contributed by atoms with van der Waals surface area (Å²) in [5.41, 5.74) is 0. The smallest absolute Gasteiger partial charge is 0.237 e. The van der Waals surface area contributed by atoms with E-state index in [1.807, 2.05) is 19.1 Å². The largest absolute Gasteiger partial charge is 0.467 e. The fraction of sp³-hybridized carbons (Fsp3) is 0.688. The van der Waals surface area contributed by atoms with Crippen LogP contribution in [0, 0.1) is 11.8 Å². The third kappa shape index (κ3) is 4.67. The third-order valence-corrected chi connectivity index (χ3v) is 4.17. The van der Waals surface area contributed by atoms with Crippen LogP contribution in [-0.4, -0.2) is 18.5 Å². The molecular formula is C16H26N2O2. The van der Waals surface area contributed by atoms with Crippen molar-refractivity contribution in [1.82, 2.24) is 10.6 Å². The number of hydrogen-bond donors (Lipinski definition) is 2. The van der Waals surface area contributed by atoms with Crippen LogP contribution in [0.4, 0.5) is 0 Å². The molecular weight excluding hydrogens is 252 g/mol. The molecule has 3 atom stereocenters. The molecule has 2 N–H and O–H groups in total. The number of nitrogens with one attached hydrogen (secondary N) is 2. The van der Waals surface area contributed by atoms with Gasteiger partial charge in [-0.2, -0.15) is 0 Å². The molecule has 1 heterocycles. The Morgan fingerprint density at radius 2 is 2.35 bits per heavy atom. The maximum atomic E-state index is 12.0. The summed E-state index contributed by atoms with van der Waals surface area (Å²) in [5.74, 6) is 2.37. The maximum absolute atomic E-state index is 12.0. The average molecular weight is 278 g/mol. The first kappa shape index (κ1) is 15.1. The van der Waals surface area contributed by atoms with Crippen molar-refractivity contribution in [3.05, 3.63) is 24.2 Å². The molecule has 1 aliphatic carbocycles. The normalized spacial score (nSPS) is 24.3. The lowest BCUT2D eigenvalue weighted by atomic mass is 9.82. The van der Waals surface area contributed by atoms with Gasteiger partial charge < -0.3 is 15.1 Å². The highest BCUT2D eigenvalue weighted by atomic mass is 16.3. The van der Waals surface area contributed by atoms with Gasteiger partial charge >= 0.3 is 0 Å². The SMILES string of the molecule is CC1CCCC(CNC(C)C(=O)NCc2ccco2)C1. The molecule has 0 aliphatic heterocycles. The Morgan fingerprint density at radius 1 is 1.50 bits per heavy atom. The van der Waals surface area contributed by atoms with Gasteiger partial charge in [-0.1, -0.05) is 19.8 Å². The summed E-state index contributed by atoms with van der Waals surface area (Å²) in [7, 11) is 0. The van der Waals surface area contributed by atoms with E-state index in [4.69, 9.17) is 4.42 Å². The Labute approximate surface area is 121 Å². The van der Waals surface area contributed by atoms with Gasteiger partial charge in [-0.25, -0.2) is 0 Å². The Bertz CT molecular complexity index is 403. The van der Waals surface area contributed by atoms with Gasteiger partial charge in [0.05, 0.1) is 18.8 Å². The Morgan fingerprint density at radius 3 is 3.05 bits per heavy atom. The first-order valence-electron chi connectivity index (χ1n) is 7.68. The Balaban J connectivity index is 1.65. The lowest BCUT2D eigenvalue weighted by Gasteiger charge is -2.27. The van der Waals surface area contributed by atoms with Gasteiger partial charge in [-0.3, -0.25) is 4.79 Å². The predicted molar refractivity (Wildman–Crippen MR) is 79.1 cm³/mol. The zero-order valence-corrected chi connectivity index (χ0v) is 12.5. The minimum Gasteiger partial charge on any atom is -0.467 e. The van der Waals surface area contributed by atoms with Crippen LogP contribution in [0.5, 0.6) is 0 Å². The molecule has 4 nitrogen and oxygen atoms in total. The molecule has 4 heteroatoms. The Kier molecular flexibility index (Phi) is 5.65. The van der Waals surface area contributed by atoms with E-state index in [1.165, 1.54) is 25.7 Å². The van der Waals surface area contributed by atoms with Crippen molar-refractivity contribution < 1.29 is 9.21 Å². The molecule has 3 unspecified atom stereocenters. The van der Waals surface area contributed by atoms with Crippen molar-refractivity contribution in [3.63, 3.8) is 0 Å². The zero-order valence-electron chi connectivity index (χ0n) is 12.5. The van der Waals surface area contributed by atoms with Crippen molar-refractivity contribution >= 4 is 5.91 Å². The van der Waals surface area contributed by atoms with E-state index >= 15 is 0 Å². The number of rotatable bonds is 6. The standard InChI is InChI=1S/C16H26N2O2/c1-12-5-3-6-14(9-12)10-17-13(2)16(19)18-11-15-7-4-8-20-15/h4,7-8,12-14,17H,3,5-6,9-11H2,1-2H3,(H,18,19). The summed E-state index contributed by atoms with van der Waals surface area (Å²) in [5, 5.41) is 6.25. The van der Waals surface area contributed by atoms with E-state index < -0.39 is 0 Å². The molecule has 112 valence electrons. The number of furan rings is 1. The molecule has 2 rings (SSSR count). The van der Waals surface area contributed by atoms with Gasteiger partial charge in [0.25, 0.3) is 0 Å². The molecule has 0 saturated heterocycles. The monoisotopic (exact) mass is 278 g/mol. The molecule has 1 aromatic heterocycles. The van der Waals surface area contributed by atoms with Gasteiger partial charge in [-0.05, 0) is 50.3 Å². The lowest BCUT2D eigenvalue weighted by molar-refractivity contribution is -0.123. The number of carbonyl (C=O) groups is 1. The molecule has 0 spiro atoms. The third-order valence-electron chi connectivity index (χ3n) is 4.17. The van der Waals surface area contributed by atoms with E-state index in [2.05, 4.69) is 17.6 Å². The summed E-state index contributed by atoms with van der Waals surface area (Å²) in [6, 6.07) is 3.54. The molecule has 1 fully saturated rings. The second kappa shape index (κ2) is 7.48. The summed E-state index contributed by atoms with van der Waals surface area (Å²) >= 11 is 0. The van der Waals surface area contributed by atoms with Crippen LogP contribution in [0.3, 0.4) is 0 Å². The Hall–Kier alpha value is -1.29. The average Bonchev–Trinajstić information content (AvgIpc) is 2.95. The van der Waals surface area contributed by atoms with Crippen LogP contribution >= 0.6 is 0 Å². The van der Waals surface area contributed by atoms with Crippen LogP contribution in [0.15, 0.2) is 22.8 Å². The van der Waals surface area contributed by atoms with Gasteiger partial charge in [-0.15, -0.1) is 0 Å². The fourth-order valence-corrected chi connectivity index (χ4v) is 2.92. The highest BCUT2D eigenvalue weighted by Crippen LogP contribution is 2.27. The lowest BCUT2D eigenvalue weighted by Crippen LogP contribution is -2.44. The molecule has 1 saturated carbocycles. The second-order valence-electron chi connectivity index (χ2n) is 6.06. The van der Waals surface area contributed by atoms with Gasteiger partial charge in [0.2, 0.25) is 5.91 Å². The minimum absolute atomic E-state index is 0.0326. The molecule has 20 heavy (non-hydrogen) atoms. The van der Waals surface area contributed by atoms with Gasteiger partial charge in [0, 0.05) is 0 Å². The topological polar surface area (TPSA) is 54.3 Å². The van der Waals surface area contributed by atoms with Gasteiger partial charge in [0.15, 0.2) is 0 Å². The van der Waals surface area contributed by atoms with Crippen molar-refractivity contribution in [2.45, 2.75) is 52.1 Å². The molecule has 1 aliphatic rings. The van der Waals surface area contributed by atoms with Crippen LogP contribution in [-0.2, 0) is 11.3 Å². The number of carbonyl (C=O) groups excluding carboxylic acids is 1. The van der Waals surface area contributed by atoms with Gasteiger partial charge in [0.1, 0.15) is 5.76 Å². The van der Waals surface area contributed by atoms with E-state index in [0.717, 1.165) is 24.1 Å². The van der Waals surface area contributed by atoms with E-state index in [1.54, 1.807) is 6.26 Å². The molecule has 1 aromatic rings. The quantitative estimate of drug-likeness (QED) is 0.841. The van der Waals surface area contributed by atoms with Crippen LogP contribution in [0.1, 0.15) is 45.3 Å². The highest BCUT2D eigenvalue weighted by Gasteiger charge is 2.20. The zero-order chi connectivity index (χ0) is 14.4. The van der Waals surface area contributed by atoms with Crippen molar-refractivity contribution in [1.29, 1.82) is 0 Å². The molecule has 0 radical (unpaired) electrons. The molecule has 0 aromatic carbocycles. The van der Waals surface area contributed by atoms with E-state index in [0.29, 0.717) is 6.54 Å². The molecule has 0 bridgehead atoms. The first-order valence-corrected chi connectivity index (χ1v) is 7.68. The van der Waals surface area contributed by atoms with E-state index in [-0.39, 0.29) is 11.9 Å².